The van der Waals surface area contributed by atoms with Crippen molar-refractivity contribution in [2.24, 2.45) is 0 Å². The van der Waals surface area contributed by atoms with E-state index in [-0.39, 0.29) is 28.7 Å². The number of aromatic nitrogens is 1. The molecule has 36 heavy (non-hydrogen) atoms. The van der Waals surface area contributed by atoms with E-state index in [4.69, 9.17) is 0 Å². The summed E-state index contributed by atoms with van der Waals surface area (Å²) in [7, 11) is -4.15. The van der Waals surface area contributed by atoms with Gasteiger partial charge >= 0.3 is 12.3 Å². The predicted octanol–water partition coefficient (Wildman–Crippen LogP) is 3.49. The van der Waals surface area contributed by atoms with Gasteiger partial charge in [-0.25, -0.2) is 8.42 Å². The lowest BCUT2D eigenvalue weighted by atomic mass is 9.97. The first kappa shape index (κ1) is 25.3. The van der Waals surface area contributed by atoms with Gasteiger partial charge in [-0.2, -0.15) is 0 Å². The Labute approximate surface area is 204 Å². The van der Waals surface area contributed by atoms with Gasteiger partial charge < -0.3 is 19.7 Å². The predicted molar refractivity (Wildman–Crippen MR) is 121 cm³/mol. The maximum atomic E-state index is 13.4. The van der Waals surface area contributed by atoms with E-state index in [1.807, 2.05) is 0 Å². The zero-order valence-corrected chi connectivity index (χ0v) is 19.7. The first-order valence-electron chi connectivity index (χ1n) is 10.8. The Morgan fingerprint density at radius 2 is 1.81 bits per heavy atom. The summed E-state index contributed by atoms with van der Waals surface area (Å²) in [6.07, 6.45) is -4.45. The molecule has 0 fully saturated rings. The third kappa shape index (κ3) is 4.94. The number of sulfone groups is 1. The molecular weight excluding hydrogens is 501 g/mol. The molecule has 3 aromatic rings. The van der Waals surface area contributed by atoms with Gasteiger partial charge in [-0.3, -0.25) is 9.59 Å². The Bertz CT molecular complexity index is 1440. The van der Waals surface area contributed by atoms with Crippen molar-refractivity contribution in [1.29, 1.82) is 0 Å². The van der Waals surface area contributed by atoms with Crippen molar-refractivity contribution in [3.8, 4) is 5.75 Å². The second kappa shape index (κ2) is 9.34. The number of fused-ring (bicyclic) bond motifs is 1. The lowest BCUT2D eigenvalue weighted by molar-refractivity contribution is -0.274. The van der Waals surface area contributed by atoms with Crippen LogP contribution in [-0.2, 0) is 34.0 Å². The first-order valence-corrected chi connectivity index (χ1v) is 12.3. The molecule has 0 saturated heterocycles. The van der Waals surface area contributed by atoms with Crippen molar-refractivity contribution in [3.05, 3.63) is 76.6 Å². The molecular formula is C24H21F3N2O6S. The van der Waals surface area contributed by atoms with Gasteiger partial charge in [0, 0.05) is 30.8 Å². The molecule has 2 N–H and O–H groups in total. The molecule has 0 bridgehead atoms. The van der Waals surface area contributed by atoms with Crippen LogP contribution >= 0.6 is 0 Å². The normalized spacial score (nSPS) is 13.7. The lowest BCUT2D eigenvalue weighted by Crippen LogP contribution is -2.33. The van der Waals surface area contributed by atoms with E-state index in [0.717, 1.165) is 24.3 Å². The van der Waals surface area contributed by atoms with Gasteiger partial charge in [-0.15, -0.1) is 13.2 Å². The molecule has 12 heteroatoms. The summed E-state index contributed by atoms with van der Waals surface area (Å²) >= 11 is 0. The molecule has 2 heterocycles. The smallest absolute Gasteiger partial charge is 0.480 e. The molecule has 1 amide bonds. The summed E-state index contributed by atoms with van der Waals surface area (Å²) in [5, 5.41) is 12.1. The SMILES string of the molecule is Cc1c(Cc2ccccc2S(=O)(=O)c2ccc(OC(F)(F)F)cc2)c2c(n1CC(=O)O)CCNC2=O. The number of carbonyl (C=O) groups is 2. The Morgan fingerprint density at radius 3 is 2.44 bits per heavy atom. The third-order valence-corrected chi connectivity index (χ3v) is 7.79. The van der Waals surface area contributed by atoms with Gasteiger partial charge in [0.25, 0.3) is 5.91 Å². The number of carboxylic acid groups (broad SMARTS) is 1. The highest BCUT2D eigenvalue weighted by atomic mass is 32.2. The molecule has 0 atom stereocenters. The minimum atomic E-state index is -4.91. The van der Waals surface area contributed by atoms with Crippen molar-refractivity contribution < 1.29 is 41.0 Å². The summed E-state index contributed by atoms with van der Waals surface area (Å²) < 4.78 is 69.5. The van der Waals surface area contributed by atoms with Crippen molar-refractivity contribution in [2.45, 2.75) is 42.5 Å². The maximum absolute atomic E-state index is 13.4. The number of carboxylic acids is 1. The average Bonchev–Trinajstić information content (AvgIpc) is 3.05. The molecule has 0 unspecified atom stereocenters. The van der Waals surface area contributed by atoms with E-state index in [1.54, 1.807) is 23.6 Å². The number of alkyl halides is 3. The second-order valence-electron chi connectivity index (χ2n) is 8.18. The number of carbonyl (C=O) groups excluding carboxylic acids is 1. The van der Waals surface area contributed by atoms with E-state index < -0.39 is 27.9 Å². The molecule has 1 aliphatic rings. The van der Waals surface area contributed by atoms with E-state index in [9.17, 15) is 36.3 Å². The van der Waals surface area contributed by atoms with Crippen LogP contribution in [-0.4, -0.2) is 42.9 Å². The van der Waals surface area contributed by atoms with Gasteiger partial charge in [-0.1, -0.05) is 18.2 Å². The highest BCUT2D eigenvalue weighted by Gasteiger charge is 2.32. The minimum absolute atomic E-state index is 0.0267. The molecule has 0 spiro atoms. The van der Waals surface area contributed by atoms with Crippen molar-refractivity contribution >= 4 is 21.7 Å². The van der Waals surface area contributed by atoms with Crippen molar-refractivity contribution in [2.75, 3.05) is 6.54 Å². The highest BCUT2D eigenvalue weighted by Crippen LogP contribution is 2.32. The molecule has 190 valence electrons. The fourth-order valence-electron chi connectivity index (χ4n) is 4.38. The zero-order chi connectivity index (χ0) is 26.3. The fourth-order valence-corrected chi connectivity index (χ4v) is 5.87. The van der Waals surface area contributed by atoms with Crippen LogP contribution in [0.4, 0.5) is 13.2 Å². The molecule has 0 saturated carbocycles. The summed E-state index contributed by atoms with van der Waals surface area (Å²) in [5.41, 5.74) is 2.32. The van der Waals surface area contributed by atoms with E-state index >= 15 is 0 Å². The zero-order valence-electron chi connectivity index (χ0n) is 18.9. The van der Waals surface area contributed by atoms with Gasteiger partial charge in [-0.05, 0) is 48.4 Å². The van der Waals surface area contributed by atoms with Crippen molar-refractivity contribution in [1.82, 2.24) is 9.88 Å². The van der Waals surface area contributed by atoms with E-state index in [0.29, 0.717) is 41.0 Å². The Kier molecular flexibility index (Phi) is 6.56. The number of ether oxygens (including phenoxy) is 1. The van der Waals surface area contributed by atoms with Gasteiger partial charge in [0.15, 0.2) is 0 Å². The van der Waals surface area contributed by atoms with E-state index in [2.05, 4.69) is 10.1 Å². The summed E-state index contributed by atoms with van der Waals surface area (Å²) in [6.45, 7) is 1.70. The fraction of sp³-hybridized carbons (Fsp3) is 0.250. The summed E-state index contributed by atoms with van der Waals surface area (Å²) in [5.74, 6) is -1.99. The van der Waals surface area contributed by atoms with Crippen LogP contribution in [0.5, 0.6) is 5.75 Å². The number of halogens is 3. The number of hydrogen-bond acceptors (Lipinski definition) is 5. The van der Waals surface area contributed by atoms with E-state index in [1.165, 1.54) is 12.1 Å². The van der Waals surface area contributed by atoms with Crippen LogP contribution in [0.1, 0.15) is 32.9 Å². The summed E-state index contributed by atoms with van der Waals surface area (Å²) in [4.78, 5) is 23.8. The number of amides is 1. The van der Waals surface area contributed by atoms with Crippen LogP contribution in [0.15, 0.2) is 58.3 Å². The van der Waals surface area contributed by atoms with Gasteiger partial charge in [0.1, 0.15) is 12.3 Å². The van der Waals surface area contributed by atoms with Gasteiger partial charge in [0.05, 0.1) is 15.4 Å². The summed E-state index contributed by atoms with van der Waals surface area (Å²) in [6, 6.07) is 9.98. The molecule has 4 rings (SSSR count). The number of nitrogens with one attached hydrogen (secondary N) is 1. The van der Waals surface area contributed by atoms with Crippen LogP contribution in [0.25, 0.3) is 0 Å². The molecule has 8 nitrogen and oxygen atoms in total. The van der Waals surface area contributed by atoms with Gasteiger partial charge in [0.2, 0.25) is 9.84 Å². The molecule has 0 radical (unpaired) electrons. The quantitative estimate of drug-likeness (QED) is 0.491. The standard InChI is InChI=1S/C24H21F3N2O6S/c1-14-18(22-19(10-11-28-23(22)32)29(14)13-21(30)31)12-15-4-2-3-5-20(15)36(33,34)17-8-6-16(7-9-17)35-24(25,26)27/h2-9H,10-13H2,1H3,(H,28,32)(H,30,31). The van der Waals surface area contributed by atoms with Crippen LogP contribution in [0.2, 0.25) is 0 Å². The Morgan fingerprint density at radius 1 is 1.14 bits per heavy atom. The monoisotopic (exact) mass is 522 g/mol. The Balaban J connectivity index is 1.75. The molecule has 1 aromatic heterocycles. The molecule has 0 aliphatic carbocycles. The second-order valence-corrected chi connectivity index (χ2v) is 10.1. The number of benzene rings is 2. The molecule has 1 aliphatic heterocycles. The lowest BCUT2D eigenvalue weighted by Gasteiger charge is -2.16. The van der Waals surface area contributed by atoms with Crippen LogP contribution in [0.3, 0.4) is 0 Å². The number of hydrogen-bond donors (Lipinski definition) is 2. The molecule has 2 aromatic carbocycles. The number of aliphatic carboxylic acids is 1. The number of nitrogens with zero attached hydrogens (tertiary/aromatic N) is 1. The minimum Gasteiger partial charge on any atom is -0.480 e. The highest BCUT2D eigenvalue weighted by molar-refractivity contribution is 7.91. The largest absolute Gasteiger partial charge is 0.573 e. The first-order chi connectivity index (χ1) is 16.9. The average molecular weight is 523 g/mol. The maximum Gasteiger partial charge on any atom is 0.573 e. The van der Waals surface area contributed by atoms with Crippen LogP contribution in [0, 0.1) is 6.92 Å². The Hall–Kier alpha value is -3.80. The van der Waals surface area contributed by atoms with Crippen LogP contribution < -0.4 is 10.1 Å². The number of rotatable bonds is 7. The topological polar surface area (TPSA) is 115 Å². The van der Waals surface area contributed by atoms with Crippen molar-refractivity contribution in [3.63, 3.8) is 0 Å². The third-order valence-electron chi connectivity index (χ3n) is 5.92.